The van der Waals surface area contributed by atoms with Crippen LogP contribution in [0.3, 0.4) is 0 Å². The molecule has 0 bridgehead atoms. The molecule has 2 heterocycles. The Balaban J connectivity index is 1.82. The first-order chi connectivity index (χ1) is 8.78. The lowest BCUT2D eigenvalue weighted by Gasteiger charge is -2.06. The van der Waals surface area contributed by atoms with Crippen LogP contribution < -0.4 is 4.74 Å². The average molecular weight is 261 g/mol. The van der Waals surface area contributed by atoms with E-state index in [1.54, 1.807) is 5.38 Å². The molecule has 3 rings (SSSR count). The minimum Gasteiger partial charge on any atom is -0.483 e. The van der Waals surface area contributed by atoms with Gasteiger partial charge in [0, 0.05) is 11.8 Å². The fraction of sp³-hybridized carbons (Fsp3) is 0.231. The molecule has 18 heavy (non-hydrogen) atoms. The number of ether oxygens (including phenoxy) is 2. The number of aromatic nitrogens is 1. The van der Waals surface area contributed by atoms with Gasteiger partial charge in [-0.3, -0.25) is 0 Å². The Labute approximate surface area is 108 Å². The smallest absolute Gasteiger partial charge is 0.357 e. The summed E-state index contributed by atoms with van der Waals surface area (Å²) in [6.07, 6.45) is 0.704. The second kappa shape index (κ2) is 4.42. The van der Waals surface area contributed by atoms with Gasteiger partial charge in [-0.2, -0.15) is 0 Å². The zero-order valence-corrected chi connectivity index (χ0v) is 10.6. The number of rotatable bonds is 2. The van der Waals surface area contributed by atoms with Crippen molar-refractivity contribution in [2.24, 2.45) is 0 Å². The Hall–Kier alpha value is -1.88. The van der Waals surface area contributed by atoms with Crippen molar-refractivity contribution in [1.82, 2.24) is 4.98 Å². The molecule has 0 saturated carbocycles. The molecule has 1 aliphatic heterocycles. The van der Waals surface area contributed by atoms with Crippen LogP contribution >= 0.6 is 11.3 Å². The van der Waals surface area contributed by atoms with E-state index >= 15 is 0 Å². The summed E-state index contributed by atoms with van der Waals surface area (Å²) in [7, 11) is 1.35. The first kappa shape index (κ1) is 11.2. The fourth-order valence-corrected chi connectivity index (χ4v) is 2.77. The predicted molar refractivity (Wildman–Crippen MR) is 67.0 cm³/mol. The Morgan fingerprint density at radius 1 is 1.50 bits per heavy atom. The molecule has 2 aromatic rings. The number of carbonyl (C=O) groups is 1. The summed E-state index contributed by atoms with van der Waals surface area (Å²) in [5.74, 6) is 0.491. The van der Waals surface area contributed by atoms with E-state index in [0.29, 0.717) is 5.69 Å². The van der Waals surface area contributed by atoms with Gasteiger partial charge in [0.1, 0.15) is 10.8 Å². The highest BCUT2D eigenvalue weighted by molar-refractivity contribution is 7.09. The number of hydrogen-bond acceptors (Lipinski definition) is 5. The van der Waals surface area contributed by atoms with Crippen LogP contribution in [0.15, 0.2) is 29.6 Å². The third kappa shape index (κ3) is 1.86. The summed E-state index contributed by atoms with van der Waals surface area (Å²) in [5, 5.41) is 2.51. The zero-order chi connectivity index (χ0) is 12.5. The maximum absolute atomic E-state index is 11.3. The lowest BCUT2D eigenvalue weighted by molar-refractivity contribution is 0.0594. The summed E-state index contributed by atoms with van der Waals surface area (Å²) in [6.45, 7) is 0. The number of para-hydroxylation sites is 1. The van der Waals surface area contributed by atoms with E-state index in [1.165, 1.54) is 24.0 Å². The van der Waals surface area contributed by atoms with Crippen LogP contribution in [-0.4, -0.2) is 18.1 Å². The van der Waals surface area contributed by atoms with Crippen LogP contribution in [0, 0.1) is 0 Å². The number of methoxy groups -OCH3 is 1. The summed E-state index contributed by atoms with van der Waals surface area (Å²) in [5.41, 5.74) is 1.52. The molecule has 0 spiro atoms. The van der Waals surface area contributed by atoms with Crippen molar-refractivity contribution >= 4 is 17.3 Å². The van der Waals surface area contributed by atoms with Gasteiger partial charge in [0.05, 0.1) is 7.11 Å². The van der Waals surface area contributed by atoms with Gasteiger partial charge >= 0.3 is 5.97 Å². The van der Waals surface area contributed by atoms with Gasteiger partial charge in [0.2, 0.25) is 0 Å². The van der Waals surface area contributed by atoms with E-state index in [1.807, 2.05) is 24.3 Å². The maximum atomic E-state index is 11.3. The van der Waals surface area contributed by atoms with Gasteiger partial charge < -0.3 is 9.47 Å². The van der Waals surface area contributed by atoms with E-state index in [4.69, 9.17) is 4.74 Å². The van der Waals surface area contributed by atoms with Crippen LogP contribution in [0.2, 0.25) is 0 Å². The largest absolute Gasteiger partial charge is 0.483 e. The first-order valence-electron chi connectivity index (χ1n) is 5.56. The van der Waals surface area contributed by atoms with Crippen molar-refractivity contribution < 1.29 is 14.3 Å². The van der Waals surface area contributed by atoms with Crippen LogP contribution in [-0.2, 0) is 11.2 Å². The van der Waals surface area contributed by atoms with Crippen molar-refractivity contribution in [3.05, 3.63) is 45.9 Å². The van der Waals surface area contributed by atoms with E-state index in [2.05, 4.69) is 9.72 Å². The third-order valence-electron chi connectivity index (χ3n) is 2.84. The summed E-state index contributed by atoms with van der Waals surface area (Å²) < 4.78 is 10.5. The topological polar surface area (TPSA) is 48.4 Å². The van der Waals surface area contributed by atoms with Crippen molar-refractivity contribution in [2.75, 3.05) is 7.11 Å². The van der Waals surface area contributed by atoms with Crippen LogP contribution in [0.1, 0.15) is 27.2 Å². The molecular formula is C13H11NO3S. The van der Waals surface area contributed by atoms with E-state index < -0.39 is 5.97 Å². The lowest BCUT2D eigenvalue weighted by Crippen LogP contribution is -2.05. The Morgan fingerprint density at radius 2 is 2.33 bits per heavy atom. The Morgan fingerprint density at radius 3 is 3.11 bits per heavy atom. The molecule has 0 amide bonds. The number of benzene rings is 1. The number of thiazole rings is 1. The molecule has 1 aliphatic rings. The van der Waals surface area contributed by atoms with Crippen LogP contribution in [0.5, 0.6) is 5.75 Å². The van der Waals surface area contributed by atoms with Crippen molar-refractivity contribution in [3.8, 4) is 5.75 Å². The SMILES string of the molecule is COC(=O)c1csc(C2Cc3ccccc3O2)n1. The van der Waals surface area contributed by atoms with Crippen LogP contribution in [0.25, 0.3) is 0 Å². The molecule has 0 aliphatic carbocycles. The van der Waals surface area contributed by atoms with Gasteiger partial charge in [-0.15, -0.1) is 11.3 Å². The van der Waals surface area contributed by atoms with E-state index in [9.17, 15) is 4.79 Å². The standard InChI is InChI=1S/C13H11NO3S/c1-16-13(15)9-7-18-12(14-9)11-6-8-4-2-3-5-10(8)17-11/h2-5,7,11H,6H2,1H3. The summed E-state index contributed by atoms with van der Waals surface area (Å²) in [4.78, 5) is 15.6. The van der Waals surface area contributed by atoms with Gasteiger partial charge in [-0.25, -0.2) is 9.78 Å². The fourth-order valence-electron chi connectivity index (χ4n) is 1.95. The lowest BCUT2D eigenvalue weighted by atomic mass is 10.1. The normalized spacial score (nSPS) is 17.1. The molecule has 0 saturated heterocycles. The number of hydrogen-bond donors (Lipinski definition) is 0. The molecule has 0 radical (unpaired) electrons. The second-order valence-electron chi connectivity index (χ2n) is 3.98. The minimum atomic E-state index is -0.409. The van der Waals surface area contributed by atoms with E-state index in [0.717, 1.165) is 17.2 Å². The van der Waals surface area contributed by atoms with Gasteiger partial charge in [0.25, 0.3) is 0 Å². The second-order valence-corrected chi connectivity index (χ2v) is 4.87. The monoisotopic (exact) mass is 261 g/mol. The minimum absolute atomic E-state index is 0.0918. The Bertz CT molecular complexity index is 568. The first-order valence-corrected chi connectivity index (χ1v) is 6.44. The average Bonchev–Trinajstić information content (AvgIpc) is 3.03. The van der Waals surface area contributed by atoms with Gasteiger partial charge in [-0.05, 0) is 11.6 Å². The summed E-state index contributed by atoms with van der Waals surface area (Å²) in [6, 6.07) is 7.93. The molecule has 92 valence electrons. The van der Waals surface area contributed by atoms with Crippen molar-refractivity contribution in [3.63, 3.8) is 0 Å². The van der Waals surface area contributed by atoms with Crippen LogP contribution in [0.4, 0.5) is 0 Å². The third-order valence-corrected chi connectivity index (χ3v) is 3.78. The number of fused-ring (bicyclic) bond motifs is 1. The highest BCUT2D eigenvalue weighted by Crippen LogP contribution is 2.37. The highest BCUT2D eigenvalue weighted by Gasteiger charge is 2.27. The van der Waals surface area contributed by atoms with Crippen molar-refractivity contribution in [1.29, 1.82) is 0 Å². The summed E-state index contributed by atoms with van der Waals surface area (Å²) >= 11 is 1.42. The van der Waals surface area contributed by atoms with Gasteiger partial charge in [0.15, 0.2) is 11.8 Å². The molecular weight excluding hydrogens is 250 g/mol. The van der Waals surface area contributed by atoms with Crippen molar-refractivity contribution in [2.45, 2.75) is 12.5 Å². The molecule has 1 aromatic heterocycles. The molecule has 5 heteroatoms. The molecule has 0 fully saturated rings. The molecule has 1 aromatic carbocycles. The van der Waals surface area contributed by atoms with Gasteiger partial charge in [-0.1, -0.05) is 18.2 Å². The number of carbonyl (C=O) groups excluding carboxylic acids is 1. The predicted octanol–water partition coefficient (Wildman–Crippen LogP) is 2.61. The molecule has 4 nitrogen and oxygen atoms in total. The maximum Gasteiger partial charge on any atom is 0.357 e. The molecule has 1 unspecified atom stereocenters. The van der Waals surface area contributed by atoms with E-state index in [-0.39, 0.29) is 6.10 Å². The molecule has 1 atom stereocenters. The number of nitrogens with zero attached hydrogens (tertiary/aromatic N) is 1. The number of esters is 1. The molecule has 0 N–H and O–H groups in total. The quantitative estimate of drug-likeness (QED) is 0.780. The Kier molecular flexibility index (Phi) is 2.76. The zero-order valence-electron chi connectivity index (χ0n) is 9.75. The highest BCUT2D eigenvalue weighted by atomic mass is 32.1.